The summed E-state index contributed by atoms with van der Waals surface area (Å²) in [7, 11) is 1.68. The number of aromatic nitrogens is 2. The summed E-state index contributed by atoms with van der Waals surface area (Å²) < 4.78 is 25.6. The van der Waals surface area contributed by atoms with Gasteiger partial charge in [-0.1, -0.05) is 23.2 Å². The smallest absolute Gasteiger partial charge is 0.207 e. The number of ketones is 1. The summed E-state index contributed by atoms with van der Waals surface area (Å²) in [4.78, 5) is 12.1. The van der Waals surface area contributed by atoms with E-state index in [1.165, 1.54) is 35.0 Å². The first kappa shape index (κ1) is 18.2. The van der Waals surface area contributed by atoms with Gasteiger partial charge in [0.1, 0.15) is 29.7 Å². The number of rotatable bonds is 6. The van der Waals surface area contributed by atoms with Gasteiger partial charge in [0.2, 0.25) is 5.78 Å². The van der Waals surface area contributed by atoms with E-state index in [1.54, 1.807) is 25.4 Å². The maximum absolute atomic E-state index is 13.1. The van der Waals surface area contributed by atoms with Gasteiger partial charge in [0.15, 0.2) is 5.69 Å². The molecule has 134 valence electrons. The van der Waals surface area contributed by atoms with E-state index in [9.17, 15) is 9.18 Å². The molecule has 0 bridgehead atoms. The molecule has 5 nitrogen and oxygen atoms in total. The quantitative estimate of drug-likeness (QED) is 0.439. The van der Waals surface area contributed by atoms with Gasteiger partial charge in [-0.15, -0.1) is 0 Å². The molecule has 0 aliphatic heterocycles. The average molecular weight is 395 g/mol. The number of benzene rings is 1. The van der Waals surface area contributed by atoms with Gasteiger partial charge in [-0.3, -0.25) is 9.48 Å². The number of carbonyl (C=O) groups is 1. The normalized spacial score (nSPS) is 11.2. The first-order chi connectivity index (χ1) is 12.4. The summed E-state index contributed by atoms with van der Waals surface area (Å²) in [5, 5.41) is 4.27. The largest absolute Gasteiger partial charge is 0.486 e. The van der Waals surface area contributed by atoms with E-state index in [2.05, 4.69) is 5.10 Å². The highest BCUT2D eigenvalue weighted by atomic mass is 35.5. The molecule has 26 heavy (non-hydrogen) atoms. The Balaban J connectivity index is 1.61. The minimum atomic E-state index is -0.512. The van der Waals surface area contributed by atoms with Gasteiger partial charge < -0.3 is 9.15 Å². The molecule has 0 saturated heterocycles. The fraction of sp³-hybridized carbons (Fsp3) is 0.111. The molecule has 0 fully saturated rings. The maximum atomic E-state index is 13.1. The van der Waals surface area contributed by atoms with Gasteiger partial charge in [-0.05, 0) is 36.4 Å². The Morgan fingerprint density at radius 3 is 2.81 bits per heavy atom. The molecule has 8 heteroatoms. The number of hydrogen-bond acceptors (Lipinski definition) is 4. The number of ether oxygens (including phenoxy) is 1. The van der Waals surface area contributed by atoms with Crippen molar-refractivity contribution in [2.75, 3.05) is 0 Å². The fourth-order valence-corrected chi connectivity index (χ4v) is 2.59. The molecule has 0 aliphatic carbocycles. The van der Waals surface area contributed by atoms with E-state index in [4.69, 9.17) is 32.4 Å². The van der Waals surface area contributed by atoms with Crippen molar-refractivity contribution < 1.29 is 18.3 Å². The van der Waals surface area contributed by atoms with Crippen molar-refractivity contribution in [3.63, 3.8) is 0 Å². The lowest BCUT2D eigenvalue weighted by molar-refractivity contribution is 0.104. The second kappa shape index (κ2) is 7.76. The number of furan rings is 1. The lowest BCUT2D eigenvalue weighted by Crippen LogP contribution is -1.98. The van der Waals surface area contributed by atoms with Gasteiger partial charge in [0.25, 0.3) is 0 Å². The zero-order valence-corrected chi connectivity index (χ0v) is 15.1. The minimum Gasteiger partial charge on any atom is -0.486 e. The van der Waals surface area contributed by atoms with E-state index in [-0.39, 0.29) is 28.1 Å². The van der Waals surface area contributed by atoms with Crippen LogP contribution in [0.3, 0.4) is 0 Å². The number of carbonyl (C=O) groups excluding carboxylic acids is 1. The zero-order chi connectivity index (χ0) is 18.7. The zero-order valence-electron chi connectivity index (χ0n) is 13.6. The molecular formula is C18H13Cl2FN2O3. The van der Waals surface area contributed by atoms with Crippen LogP contribution in [-0.4, -0.2) is 15.6 Å². The highest BCUT2D eigenvalue weighted by Crippen LogP contribution is 2.22. The molecule has 0 spiro atoms. The molecule has 0 atom stereocenters. The van der Waals surface area contributed by atoms with E-state index in [0.29, 0.717) is 17.3 Å². The number of nitrogens with zero attached hydrogens (tertiary/aromatic N) is 2. The highest BCUT2D eigenvalue weighted by molar-refractivity contribution is 6.34. The number of hydrogen-bond donors (Lipinski definition) is 0. The second-order valence-corrected chi connectivity index (χ2v) is 6.18. The molecule has 2 heterocycles. The van der Waals surface area contributed by atoms with Crippen molar-refractivity contribution in [1.82, 2.24) is 9.78 Å². The Bertz CT molecular complexity index is 979. The van der Waals surface area contributed by atoms with Crippen LogP contribution < -0.4 is 4.74 Å². The van der Waals surface area contributed by atoms with E-state index in [0.717, 1.165) is 0 Å². The molecule has 0 saturated carbocycles. The molecule has 1 aromatic carbocycles. The number of aryl methyl sites for hydroxylation is 1. The minimum absolute atomic E-state index is 0.0164. The Hall–Kier alpha value is -2.57. The van der Waals surface area contributed by atoms with Crippen LogP contribution in [0.2, 0.25) is 10.0 Å². The molecule has 0 radical (unpaired) electrons. The van der Waals surface area contributed by atoms with E-state index >= 15 is 0 Å². The average Bonchev–Trinajstić information content (AvgIpc) is 3.19. The first-order valence-corrected chi connectivity index (χ1v) is 8.26. The molecule has 0 unspecified atom stereocenters. The van der Waals surface area contributed by atoms with Crippen LogP contribution in [-0.2, 0) is 13.7 Å². The molecular weight excluding hydrogens is 382 g/mol. The van der Waals surface area contributed by atoms with Gasteiger partial charge >= 0.3 is 0 Å². The van der Waals surface area contributed by atoms with E-state index in [1.807, 2.05) is 0 Å². The highest BCUT2D eigenvalue weighted by Gasteiger charge is 2.12. The van der Waals surface area contributed by atoms with Crippen LogP contribution in [0.1, 0.15) is 22.0 Å². The van der Waals surface area contributed by atoms with E-state index < -0.39 is 5.82 Å². The molecule has 2 aromatic heterocycles. The van der Waals surface area contributed by atoms with Gasteiger partial charge in [0.05, 0.1) is 10.0 Å². The summed E-state index contributed by atoms with van der Waals surface area (Å²) in [5.74, 6) is 0.590. The summed E-state index contributed by atoms with van der Waals surface area (Å²) in [6, 6.07) is 7.49. The summed E-state index contributed by atoms with van der Waals surface area (Å²) >= 11 is 11.6. The van der Waals surface area contributed by atoms with Crippen molar-refractivity contribution in [3.05, 3.63) is 75.7 Å². The first-order valence-electron chi connectivity index (χ1n) is 7.50. The third kappa shape index (κ3) is 4.33. The van der Waals surface area contributed by atoms with Crippen molar-refractivity contribution in [2.45, 2.75) is 6.61 Å². The van der Waals surface area contributed by atoms with Crippen LogP contribution in [0, 0.1) is 5.82 Å². The van der Waals surface area contributed by atoms with Gasteiger partial charge in [-0.2, -0.15) is 5.10 Å². The number of halogens is 3. The topological polar surface area (TPSA) is 57.3 Å². The standard InChI is InChI=1S/C18H13Cl2FN2O3/c1-23-9-15(20)18(22-23)17(24)7-5-11-2-3-13(26-11)10-25-12-4-6-16(21)14(19)8-12/h2-9H,10H2,1H3/b7-5+. The predicted octanol–water partition coefficient (Wildman–Crippen LogP) is 4.93. The molecule has 3 rings (SSSR count). The monoisotopic (exact) mass is 394 g/mol. The third-order valence-corrected chi connectivity index (χ3v) is 3.94. The summed E-state index contributed by atoms with van der Waals surface area (Å²) in [6.07, 6.45) is 4.40. The maximum Gasteiger partial charge on any atom is 0.207 e. The Morgan fingerprint density at radius 1 is 1.31 bits per heavy atom. The van der Waals surface area contributed by atoms with Crippen molar-refractivity contribution in [2.24, 2.45) is 7.05 Å². The SMILES string of the molecule is Cn1cc(Cl)c(C(=O)/C=C/c2ccc(COc3ccc(F)c(Cl)c3)o2)n1. The molecule has 3 aromatic rings. The van der Waals surface area contributed by atoms with Gasteiger partial charge in [0, 0.05) is 19.3 Å². The van der Waals surface area contributed by atoms with Crippen LogP contribution in [0.5, 0.6) is 5.75 Å². The Morgan fingerprint density at radius 2 is 2.12 bits per heavy atom. The van der Waals surface area contributed by atoms with Crippen LogP contribution in [0.15, 0.2) is 47.0 Å². The molecule has 0 amide bonds. The van der Waals surface area contributed by atoms with Crippen molar-refractivity contribution in [1.29, 1.82) is 0 Å². The fourth-order valence-electron chi connectivity index (χ4n) is 2.15. The molecule has 0 N–H and O–H groups in total. The predicted molar refractivity (Wildman–Crippen MR) is 96.0 cm³/mol. The number of allylic oxidation sites excluding steroid dienone is 1. The van der Waals surface area contributed by atoms with Crippen LogP contribution >= 0.6 is 23.2 Å². The lowest BCUT2D eigenvalue weighted by Gasteiger charge is -2.04. The van der Waals surface area contributed by atoms with Crippen molar-refractivity contribution >= 4 is 35.1 Å². The van der Waals surface area contributed by atoms with Crippen LogP contribution in [0.25, 0.3) is 6.08 Å². The second-order valence-electron chi connectivity index (χ2n) is 5.37. The third-order valence-electron chi connectivity index (χ3n) is 3.37. The van der Waals surface area contributed by atoms with Crippen molar-refractivity contribution in [3.8, 4) is 5.75 Å². The lowest BCUT2D eigenvalue weighted by atomic mass is 10.2. The molecule has 0 aliphatic rings. The summed E-state index contributed by atoms with van der Waals surface area (Å²) in [6.45, 7) is 0.135. The van der Waals surface area contributed by atoms with Crippen LogP contribution in [0.4, 0.5) is 4.39 Å². The Labute approximate surface area is 158 Å². The van der Waals surface area contributed by atoms with Gasteiger partial charge in [-0.25, -0.2) is 4.39 Å². The summed E-state index contributed by atoms with van der Waals surface area (Å²) in [5.41, 5.74) is 0.175. The Kier molecular flexibility index (Phi) is 5.44.